The van der Waals surface area contributed by atoms with E-state index in [0.717, 1.165) is 5.88 Å². The van der Waals surface area contributed by atoms with Crippen molar-refractivity contribution in [2.45, 2.75) is 52.9 Å². The van der Waals surface area contributed by atoms with Gasteiger partial charge in [-0.3, -0.25) is 0 Å². The molecule has 0 amide bonds. The third kappa shape index (κ3) is 24.5. The fraction of sp³-hybridized carbons (Fsp3) is 1.00. The Bertz CT molecular complexity index is 59.1. The summed E-state index contributed by atoms with van der Waals surface area (Å²) >= 11 is 5.38. The minimum atomic E-state index is 0.827. The van der Waals surface area contributed by atoms with E-state index in [4.69, 9.17) is 11.6 Å². The first-order valence-corrected chi connectivity index (χ1v) is 7.54. The molecule has 0 unspecified atom stereocenters. The first kappa shape index (κ1) is 16.2. The molecule has 0 aromatic heterocycles. The van der Waals surface area contributed by atoms with E-state index in [1.165, 1.54) is 53.0 Å². The Labute approximate surface area is 91.6 Å². The van der Waals surface area contributed by atoms with Crippen LogP contribution in [0.1, 0.15) is 52.9 Å². The molecule has 0 nitrogen and oxygen atoms in total. The van der Waals surface area contributed by atoms with E-state index in [1.807, 2.05) is 0 Å². The monoisotopic (exact) mass is 224 g/mol. The van der Waals surface area contributed by atoms with Crippen LogP contribution in [0, 0.1) is 0 Å². The molecule has 0 spiro atoms. The van der Waals surface area contributed by atoms with Crippen LogP contribution in [-0.2, 0) is 0 Å². The lowest BCUT2D eigenvalue weighted by atomic mass is 10.3. The van der Waals surface area contributed by atoms with Gasteiger partial charge in [-0.1, -0.05) is 46.5 Å². The predicted molar refractivity (Wildman–Crippen MR) is 68.9 cm³/mol. The van der Waals surface area contributed by atoms with Crippen molar-refractivity contribution >= 4 is 20.2 Å². The number of rotatable bonds is 7. The van der Waals surface area contributed by atoms with Crippen molar-refractivity contribution < 1.29 is 0 Å². The molecule has 13 heavy (non-hydrogen) atoms. The maximum Gasteiger partial charge on any atom is 0.0223 e. The van der Waals surface area contributed by atoms with Crippen LogP contribution in [0.15, 0.2) is 0 Å². The summed E-state index contributed by atoms with van der Waals surface area (Å²) in [6.45, 7) is 6.68. The standard InChI is InChI=1S/C6H15P.C5H11Cl/c1-3-5-7-6-4-2;1-2-3-4-5-6/h7H,3-6H2,1-2H3;2-5H2,1H3. The highest BCUT2D eigenvalue weighted by Gasteiger charge is 1.79. The molecule has 0 heterocycles. The largest absolute Gasteiger partial charge is 0.127 e. The van der Waals surface area contributed by atoms with Crippen LogP contribution in [0.5, 0.6) is 0 Å². The lowest BCUT2D eigenvalue weighted by Crippen LogP contribution is -1.72. The molecule has 0 radical (unpaired) electrons. The zero-order chi connectivity index (χ0) is 10.4. The third-order valence-electron chi connectivity index (χ3n) is 1.59. The lowest BCUT2D eigenvalue weighted by Gasteiger charge is -1.91. The molecule has 0 bridgehead atoms. The summed E-state index contributed by atoms with van der Waals surface area (Å²) in [4.78, 5) is 0. The molecular formula is C11H26ClP. The average Bonchev–Trinajstić information content (AvgIpc) is 2.17. The highest BCUT2D eigenvalue weighted by atomic mass is 35.5. The molecule has 0 aromatic rings. The fourth-order valence-corrected chi connectivity index (χ4v) is 1.97. The van der Waals surface area contributed by atoms with Gasteiger partial charge in [-0.25, -0.2) is 0 Å². The van der Waals surface area contributed by atoms with Gasteiger partial charge in [-0.15, -0.1) is 20.2 Å². The average molecular weight is 225 g/mol. The topological polar surface area (TPSA) is 0 Å². The molecule has 0 saturated heterocycles. The first-order valence-electron chi connectivity index (χ1n) is 5.60. The van der Waals surface area contributed by atoms with Crippen LogP contribution >= 0.6 is 20.2 Å². The van der Waals surface area contributed by atoms with Crippen molar-refractivity contribution in [3.63, 3.8) is 0 Å². The Morgan fingerprint density at radius 1 is 0.846 bits per heavy atom. The Hall–Kier alpha value is 0.720. The SMILES string of the molecule is CCCCCCl.CCCPCCC. The van der Waals surface area contributed by atoms with E-state index in [1.54, 1.807) is 0 Å². The minimum Gasteiger partial charge on any atom is -0.127 e. The first-order chi connectivity index (χ1) is 6.33. The van der Waals surface area contributed by atoms with Crippen LogP contribution in [0.2, 0.25) is 0 Å². The maximum absolute atomic E-state index is 5.38. The molecule has 0 N–H and O–H groups in total. The molecule has 2 heteroatoms. The summed E-state index contributed by atoms with van der Waals surface area (Å²) in [6, 6.07) is 0. The molecule has 0 fully saturated rings. The van der Waals surface area contributed by atoms with Gasteiger partial charge in [-0.2, -0.15) is 0 Å². The molecular weight excluding hydrogens is 199 g/mol. The third-order valence-corrected chi connectivity index (χ3v) is 3.57. The predicted octanol–water partition coefficient (Wildman–Crippen LogP) is 4.90. The number of hydrogen-bond acceptors (Lipinski definition) is 0. The van der Waals surface area contributed by atoms with Crippen LogP contribution < -0.4 is 0 Å². The van der Waals surface area contributed by atoms with E-state index in [9.17, 15) is 0 Å². The second-order valence-corrected chi connectivity index (χ2v) is 5.02. The van der Waals surface area contributed by atoms with Gasteiger partial charge in [0.15, 0.2) is 0 Å². The Kier molecular flexibility index (Phi) is 23.0. The summed E-state index contributed by atoms with van der Waals surface area (Å²) in [5.74, 6) is 0.827. The zero-order valence-electron chi connectivity index (χ0n) is 9.53. The molecule has 82 valence electrons. The molecule has 0 atom stereocenters. The van der Waals surface area contributed by atoms with E-state index in [2.05, 4.69) is 20.8 Å². The quantitative estimate of drug-likeness (QED) is 0.328. The van der Waals surface area contributed by atoms with Gasteiger partial charge < -0.3 is 0 Å². The van der Waals surface area contributed by atoms with E-state index in [-0.39, 0.29) is 0 Å². The summed E-state index contributed by atoms with van der Waals surface area (Å²) < 4.78 is 0. The fourth-order valence-electron chi connectivity index (χ4n) is 0.823. The van der Waals surface area contributed by atoms with Gasteiger partial charge in [0, 0.05) is 5.88 Å². The van der Waals surface area contributed by atoms with Crippen molar-refractivity contribution in [2.24, 2.45) is 0 Å². The molecule has 0 aliphatic heterocycles. The number of unbranched alkanes of at least 4 members (excludes halogenated alkanes) is 2. The van der Waals surface area contributed by atoms with Crippen molar-refractivity contribution in [3.8, 4) is 0 Å². The van der Waals surface area contributed by atoms with E-state index in [0.29, 0.717) is 0 Å². The van der Waals surface area contributed by atoms with Crippen LogP contribution in [0.4, 0.5) is 0 Å². The Morgan fingerprint density at radius 3 is 1.62 bits per heavy atom. The van der Waals surface area contributed by atoms with Gasteiger partial charge in [-0.05, 0) is 18.7 Å². The van der Waals surface area contributed by atoms with Crippen molar-refractivity contribution in [1.29, 1.82) is 0 Å². The summed E-state index contributed by atoms with van der Waals surface area (Å²) in [5.41, 5.74) is 0. The summed E-state index contributed by atoms with van der Waals surface area (Å²) in [6.07, 6.45) is 9.38. The van der Waals surface area contributed by atoms with Gasteiger partial charge in [0.2, 0.25) is 0 Å². The highest BCUT2D eigenvalue weighted by Crippen LogP contribution is 2.10. The van der Waals surface area contributed by atoms with Crippen LogP contribution in [0.3, 0.4) is 0 Å². The Morgan fingerprint density at radius 2 is 1.38 bits per heavy atom. The van der Waals surface area contributed by atoms with Crippen molar-refractivity contribution in [1.82, 2.24) is 0 Å². The number of hydrogen-bond donors (Lipinski definition) is 0. The Balaban J connectivity index is 0. The zero-order valence-corrected chi connectivity index (χ0v) is 11.3. The lowest BCUT2D eigenvalue weighted by molar-refractivity contribution is 0.776. The minimum absolute atomic E-state index is 0.827. The van der Waals surface area contributed by atoms with Crippen LogP contribution in [-0.4, -0.2) is 18.2 Å². The molecule has 0 aromatic carbocycles. The smallest absolute Gasteiger partial charge is 0.0223 e. The van der Waals surface area contributed by atoms with E-state index >= 15 is 0 Å². The second kappa shape index (κ2) is 18.5. The normalized spacial score (nSPS) is 9.23. The van der Waals surface area contributed by atoms with Crippen LogP contribution in [0.25, 0.3) is 0 Å². The maximum atomic E-state index is 5.38. The second-order valence-electron chi connectivity index (χ2n) is 3.15. The number of alkyl halides is 1. The molecule has 0 aliphatic rings. The van der Waals surface area contributed by atoms with Gasteiger partial charge in [0.1, 0.15) is 0 Å². The van der Waals surface area contributed by atoms with Gasteiger partial charge in [0.25, 0.3) is 0 Å². The highest BCUT2D eigenvalue weighted by molar-refractivity contribution is 7.37. The molecule has 0 aliphatic carbocycles. The van der Waals surface area contributed by atoms with Crippen molar-refractivity contribution in [2.75, 3.05) is 18.2 Å². The number of halogens is 1. The molecule has 0 rings (SSSR count). The van der Waals surface area contributed by atoms with Gasteiger partial charge in [0.05, 0.1) is 0 Å². The summed E-state index contributed by atoms with van der Waals surface area (Å²) in [5, 5.41) is 0. The van der Waals surface area contributed by atoms with Crippen molar-refractivity contribution in [3.05, 3.63) is 0 Å². The van der Waals surface area contributed by atoms with Gasteiger partial charge >= 0.3 is 0 Å². The molecule has 0 saturated carbocycles. The summed E-state index contributed by atoms with van der Waals surface area (Å²) in [7, 11) is 1.23. The van der Waals surface area contributed by atoms with E-state index < -0.39 is 0 Å².